The molecule has 6 nitrogen and oxygen atoms in total. The summed E-state index contributed by atoms with van der Waals surface area (Å²) in [5, 5.41) is 0. The van der Waals surface area contributed by atoms with Crippen molar-refractivity contribution in [3.8, 4) is 11.1 Å². The van der Waals surface area contributed by atoms with E-state index in [-0.39, 0.29) is 11.8 Å². The van der Waals surface area contributed by atoms with E-state index in [1.807, 2.05) is 60.4 Å². The van der Waals surface area contributed by atoms with Crippen molar-refractivity contribution in [2.45, 2.75) is 32.6 Å². The van der Waals surface area contributed by atoms with Crippen molar-refractivity contribution >= 4 is 11.8 Å². The average molecular weight is 429 g/mol. The number of carbonyl (C=O) groups excluding carboxylic acids is 2. The van der Waals surface area contributed by atoms with Crippen LogP contribution in [0.1, 0.15) is 29.5 Å². The van der Waals surface area contributed by atoms with Gasteiger partial charge in [0.2, 0.25) is 11.8 Å². The Balaban J connectivity index is 1.57. The van der Waals surface area contributed by atoms with E-state index >= 15 is 0 Å². The quantitative estimate of drug-likeness (QED) is 0.652. The molecule has 1 atom stereocenters. The van der Waals surface area contributed by atoms with Crippen LogP contribution in [-0.4, -0.2) is 39.8 Å². The molecule has 1 unspecified atom stereocenters. The van der Waals surface area contributed by atoms with E-state index in [1.165, 1.54) is 6.33 Å². The number of nitrogens with zero attached hydrogens (tertiary/aromatic N) is 3. The number of hydrogen-bond acceptors (Lipinski definition) is 4. The Bertz CT molecular complexity index is 1100. The molecule has 1 fully saturated rings. The zero-order valence-corrected chi connectivity index (χ0v) is 18.3. The number of piperidine rings is 1. The maximum atomic E-state index is 13.1. The number of benzene rings is 2. The van der Waals surface area contributed by atoms with Crippen LogP contribution in [0, 0.1) is 12.3 Å². The second kappa shape index (κ2) is 9.30. The highest BCUT2D eigenvalue weighted by atomic mass is 16.2. The smallest absolute Gasteiger partial charge is 0.227 e. The fraction of sp³-hybridized carbons (Fsp3) is 0.308. The first-order valence-corrected chi connectivity index (χ1v) is 10.9. The van der Waals surface area contributed by atoms with Crippen molar-refractivity contribution in [3.63, 3.8) is 0 Å². The summed E-state index contributed by atoms with van der Waals surface area (Å²) in [5.74, 6) is -0.326. The average Bonchev–Trinajstić information content (AvgIpc) is 2.81. The fourth-order valence-corrected chi connectivity index (χ4v) is 4.53. The monoisotopic (exact) mass is 428 g/mol. The number of aryl methyl sites for hydroxylation is 1. The predicted octanol–water partition coefficient (Wildman–Crippen LogP) is 3.33. The van der Waals surface area contributed by atoms with Crippen molar-refractivity contribution in [3.05, 3.63) is 83.9 Å². The molecule has 0 radical (unpaired) electrons. The highest BCUT2D eigenvalue weighted by Gasteiger charge is 2.42. The Morgan fingerprint density at radius 3 is 2.50 bits per heavy atom. The fourth-order valence-electron chi connectivity index (χ4n) is 4.53. The van der Waals surface area contributed by atoms with Crippen LogP contribution in [-0.2, 0) is 22.4 Å². The summed E-state index contributed by atoms with van der Waals surface area (Å²) in [5.41, 5.74) is 10.2. The molecule has 1 aliphatic rings. The number of amides is 2. The number of primary amides is 1. The first kappa shape index (κ1) is 21.7. The molecule has 0 bridgehead atoms. The molecule has 32 heavy (non-hydrogen) atoms. The molecule has 1 saturated heterocycles. The van der Waals surface area contributed by atoms with Gasteiger partial charge in [0.25, 0.3) is 0 Å². The predicted molar refractivity (Wildman–Crippen MR) is 123 cm³/mol. The van der Waals surface area contributed by atoms with Gasteiger partial charge in [-0.1, -0.05) is 54.1 Å². The summed E-state index contributed by atoms with van der Waals surface area (Å²) in [6, 6.07) is 15.9. The van der Waals surface area contributed by atoms with Gasteiger partial charge in [0.15, 0.2) is 0 Å². The molecular weight excluding hydrogens is 400 g/mol. The molecule has 3 aromatic rings. The summed E-state index contributed by atoms with van der Waals surface area (Å²) in [6.07, 6.45) is 7.24. The van der Waals surface area contributed by atoms with Crippen LogP contribution < -0.4 is 5.73 Å². The third kappa shape index (κ3) is 4.69. The van der Waals surface area contributed by atoms with Crippen LogP contribution in [0.2, 0.25) is 0 Å². The normalized spacial score (nSPS) is 18.3. The number of aromatic nitrogens is 2. The molecule has 0 saturated carbocycles. The molecule has 2 aromatic carbocycles. The van der Waals surface area contributed by atoms with Gasteiger partial charge < -0.3 is 10.6 Å². The standard InChI is InChI=1S/C26H28N4O2/c1-19-7-9-20(10-8-19)13-24(31)30-12-4-11-26(17-30,25(27)32)14-21-5-2-3-6-23(21)22-15-28-18-29-16-22/h2-3,5-10,15-16,18H,4,11-14,17H2,1H3,(H2,27,32). The van der Waals surface area contributed by atoms with Gasteiger partial charge in [-0.25, -0.2) is 9.97 Å². The first-order chi connectivity index (χ1) is 15.5. The van der Waals surface area contributed by atoms with Crippen molar-refractivity contribution in [2.24, 2.45) is 11.1 Å². The number of rotatable bonds is 6. The summed E-state index contributed by atoms with van der Waals surface area (Å²) >= 11 is 0. The molecule has 1 aromatic heterocycles. The lowest BCUT2D eigenvalue weighted by atomic mass is 9.73. The minimum Gasteiger partial charge on any atom is -0.369 e. The Hall–Kier alpha value is -3.54. The van der Waals surface area contributed by atoms with E-state index in [0.29, 0.717) is 32.4 Å². The van der Waals surface area contributed by atoms with Gasteiger partial charge in [-0.15, -0.1) is 0 Å². The molecular formula is C26H28N4O2. The zero-order chi connectivity index (χ0) is 22.6. The number of hydrogen-bond donors (Lipinski definition) is 1. The lowest BCUT2D eigenvalue weighted by Crippen LogP contribution is -2.53. The molecule has 0 aliphatic carbocycles. The van der Waals surface area contributed by atoms with Crippen molar-refractivity contribution < 1.29 is 9.59 Å². The molecule has 164 valence electrons. The minimum atomic E-state index is -0.799. The molecule has 6 heteroatoms. The van der Waals surface area contributed by atoms with E-state index < -0.39 is 5.41 Å². The maximum absolute atomic E-state index is 13.1. The van der Waals surface area contributed by atoms with Gasteiger partial charge in [0.05, 0.1) is 11.8 Å². The summed E-state index contributed by atoms with van der Waals surface area (Å²) < 4.78 is 0. The van der Waals surface area contributed by atoms with E-state index in [1.54, 1.807) is 12.4 Å². The highest BCUT2D eigenvalue weighted by molar-refractivity contribution is 5.84. The summed E-state index contributed by atoms with van der Waals surface area (Å²) in [6.45, 7) is 3.01. The second-order valence-electron chi connectivity index (χ2n) is 8.69. The van der Waals surface area contributed by atoms with Gasteiger partial charge in [-0.05, 0) is 42.9 Å². The lowest BCUT2D eigenvalue weighted by molar-refractivity contribution is -0.139. The van der Waals surface area contributed by atoms with Crippen molar-refractivity contribution in [1.82, 2.24) is 14.9 Å². The molecule has 1 aliphatic heterocycles. The number of carbonyl (C=O) groups is 2. The Kier molecular flexibility index (Phi) is 6.30. The molecule has 2 heterocycles. The summed E-state index contributed by atoms with van der Waals surface area (Å²) in [7, 11) is 0. The number of likely N-dealkylation sites (tertiary alicyclic amines) is 1. The third-order valence-corrected chi connectivity index (χ3v) is 6.35. The maximum Gasteiger partial charge on any atom is 0.227 e. The Labute approximate surface area is 188 Å². The SMILES string of the molecule is Cc1ccc(CC(=O)N2CCCC(Cc3ccccc3-c3cncnc3)(C(N)=O)C2)cc1. The largest absolute Gasteiger partial charge is 0.369 e. The number of nitrogens with two attached hydrogens (primary N) is 1. The van der Waals surface area contributed by atoms with Gasteiger partial charge in [0.1, 0.15) is 6.33 Å². The van der Waals surface area contributed by atoms with Gasteiger partial charge in [0, 0.05) is 31.0 Å². The highest BCUT2D eigenvalue weighted by Crippen LogP contribution is 2.36. The van der Waals surface area contributed by atoms with E-state index in [9.17, 15) is 9.59 Å². The van der Waals surface area contributed by atoms with E-state index in [2.05, 4.69) is 9.97 Å². The van der Waals surface area contributed by atoms with Gasteiger partial charge >= 0.3 is 0 Å². The second-order valence-corrected chi connectivity index (χ2v) is 8.69. The van der Waals surface area contributed by atoms with Crippen LogP contribution in [0.4, 0.5) is 0 Å². The minimum absolute atomic E-state index is 0.0314. The van der Waals surface area contributed by atoms with E-state index in [0.717, 1.165) is 34.2 Å². The van der Waals surface area contributed by atoms with Crippen molar-refractivity contribution in [2.75, 3.05) is 13.1 Å². The topological polar surface area (TPSA) is 89.2 Å². The Morgan fingerprint density at radius 2 is 1.78 bits per heavy atom. The van der Waals surface area contributed by atoms with E-state index in [4.69, 9.17) is 5.73 Å². The first-order valence-electron chi connectivity index (χ1n) is 10.9. The lowest BCUT2D eigenvalue weighted by Gasteiger charge is -2.41. The zero-order valence-electron chi connectivity index (χ0n) is 18.3. The molecule has 0 spiro atoms. The van der Waals surface area contributed by atoms with Crippen LogP contribution in [0.25, 0.3) is 11.1 Å². The molecule has 2 N–H and O–H groups in total. The van der Waals surface area contributed by atoms with Crippen molar-refractivity contribution in [1.29, 1.82) is 0 Å². The van der Waals surface area contributed by atoms with Crippen LogP contribution >= 0.6 is 0 Å². The molecule has 4 rings (SSSR count). The third-order valence-electron chi connectivity index (χ3n) is 6.35. The summed E-state index contributed by atoms with van der Waals surface area (Å²) in [4.78, 5) is 35.9. The van der Waals surface area contributed by atoms with Crippen LogP contribution in [0.3, 0.4) is 0 Å². The Morgan fingerprint density at radius 1 is 1.06 bits per heavy atom. The van der Waals surface area contributed by atoms with Gasteiger partial charge in [-0.2, -0.15) is 0 Å². The van der Waals surface area contributed by atoms with Crippen LogP contribution in [0.15, 0.2) is 67.3 Å². The van der Waals surface area contributed by atoms with Gasteiger partial charge in [-0.3, -0.25) is 9.59 Å². The van der Waals surface area contributed by atoms with Crippen LogP contribution in [0.5, 0.6) is 0 Å². The molecule has 2 amide bonds.